The van der Waals surface area contributed by atoms with Crippen LogP contribution in [-0.4, -0.2) is 15.9 Å². The highest BCUT2D eigenvalue weighted by Crippen LogP contribution is 2.31. The zero-order chi connectivity index (χ0) is 22.6. The van der Waals surface area contributed by atoms with Gasteiger partial charge in [-0.1, -0.05) is 36.4 Å². The Balaban J connectivity index is 1.53. The molecule has 0 aliphatic heterocycles. The molecule has 2 aromatic heterocycles. The molecule has 0 atom stereocenters. The lowest BCUT2D eigenvalue weighted by Crippen LogP contribution is -2.11. The summed E-state index contributed by atoms with van der Waals surface area (Å²) in [5, 5.41) is 4.00. The van der Waals surface area contributed by atoms with E-state index >= 15 is 0 Å². The summed E-state index contributed by atoms with van der Waals surface area (Å²) in [6.07, 6.45) is 4.08. The van der Waals surface area contributed by atoms with Crippen molar-refractivity contribution in [2.75, 3.05) is 5.32 Å². The lowest BCUT2D eigenvalue weighted by Gasteiger charge is -2.12. The summed E-state index contributed by atoms with van der Waals surface area (Å²) in [4.78, 5) is 31.6. The zero-order valence-corrected chi connectivity index (χ0v) is 17.8. The number of fused-ring (bicyclic) bond motifs is 1. The van der Waals surface area contributed by atoms with Gasteiger partial charge in [0, 0.05) is 40.7 Å². The molecule has 5 nitrogen and oxygen atoms in total. The zero-order valence-electron chi connectivity index (χ0n) is 17.8. The fourth-order valence-corrected chi connectivity index (χ4v) is 3.97. The monoisotopic (exact) mass is 431 g/mol. The van der Waals surface area contributed by atoms with E-state index in [1.807, 2.05) is 60.7 Å². The number of anilines is 1. The van der Waals surface area contributed by atoms with Crippen LogP contribution in [0.1, 0.15) is 21.5 Å². The van der Waals surface area contributed by atoms with Crippen molar-refractivity contribution < 1.29 is 4.79 Å². The van der Waals surface area contributed by atoms with E-state index in [1.165, 1.54) is 0 Å². The Bertz CT molecular complexity index is 1510. The van der Waals surface area contributed by atoms with E-state index in [0.717, 1.165) is 33.2 Å². The second-order valence-electron chi connectivity index (χ2n) is 7.86. The number of benzene rings is 3. The third kappa shape index (κ3) is 4.57. The molecule has 1 amide bonds. The van der Waals surface area contributed by atoms with Gasteiger partial charge in [0.15, 0.2) is 0 Å². The van der Waals surface area contributed by atoms with E-state index in [2.05, 4.69) is 27.4 Å². The fraction of sp³-hybridized carbons (Fsp3) is 0.0357. The quantitative estimate of drug-likeness (QED) is 0.389. The van der Waals surface area contributed by atoms with Crippen molar-refractivity contribution in [1.29, 1.82) is 0 Å². The molecule has 0 radical (unpaired) electrons. The summed E-state index contributed by atoms with van der Waals surface area (Å²) >= 11 is 0. The molecular formula is C28H21N3O2. The summed E-state index contributed by atoms with van der Waals surface area (Å²) in [6.45, 7) is 0. The van der Waals surface area contributed by atoms with Crippen LogP contribution >= 0.6 is 0 Å². The molecule has 0 aliphatic rings. The first-order chi connectivity index (χ1) is 16.2. The number of hydrogen-bond donors (Lipinski definition) is 2. The number of amides is 1. The van der Waals surface area contributed by atoms with Gasteiger partial charge in [-0.05, 0) is 71.6 Å². The number of pyridine rings is 2. The Morgan fingerprint density at radius 3 is 2.58 bits per heavy atom. The van der Waals surface area contributed by atoms with Crippen molar-refractivity contribution in [2.24, 2.45) is 0 Å². The Hall–Kier alpha value is -4.51. The van der Waals surface area contributed by atoms with E-state index in [1.54, 1.807) is 30.6 Å². The van der Waals surface area contributed by atoms with E-state index in [4.69, 9.17) is 0 Å². The number of rotatable bonds is 5. The van der Waals surface area contributed by atoms with Crippen LogP contribution in [0.25, 0.3) is 22.0 Å². The molecule has 0 unspecified atom stereocenters. The highest BCUT2D eigenvalue weighted by atomic mass is 16.1. The van der Waals surface area contributed by atoms with Gasteiger partial charge in [-0.2, -0.15) is 0 Å². The van der Waals surface area contributed by atoms with Crippen molar-refractivity contribution in [3.8, 4) is 11.1 Å². The minimum absolute atomic E-state index is 0.114. The smallest absolute Gasteiger partial charge is 0.255 e. The average molecular weight is 431 g/mol. The molecule has 160 valence electrons. The number of H-pyrrole nitrogens is 1. The first kappa shape index (κ1) is 20.4. The first-order valence-electron chi connectivity index (χ1n) is 10.7. The number of aromatic amines is 1. The van der Waals surface area contributed by atoms with Crippen LogP contribution in [0, 0.1) is 0 Å². The Morgan fingerprint density at radius 1 is 0.848 bits per heavy atom. The average Bonchev–Trinajstić information content (AvgIpc) is 2.84. The van der Waals surface area contributed by atoms with Crippen LogP contribution < -0.4 is 10.9 Å². The van der Waals surface area contributed by atoms with E-state index in [0.29, 0.717) is 17.7 Å². The molecule has 5 rings (SSSR count). The highest BCUT2D eigenvalue weighted by molar-refractivity contribution is 6.04. The molecule has 33 heavy (non-hydrogen) atoms. The van der Waals surface area contributed by atoms with Gasteiger partial charge >= 0.3 is 0 Å². The van der Waals surface area contributed by atoms with Crippen LogP contribution in [-0.2, 0) is 6.42 Å². The summed E-state index contributed by atoms with van der Waals surface area (Å²) in [7, 11) is 0. The van der Waals surface area contributed by atoms with E-state index in [-0.39, 0.29) is 11.5 Å². The predicted octanol–water partition coefficient (Wildman–Crippen LogP) is 5.43. The summed E-state index contributed by atoms with van der Waals surface area (Å²) in [6, 6.07) is 28.6. The fourth-order valence-electron chi connectivity index (χ4n) is 3.97. The Kier molecular flexibility index (Phi) is 5.52. The molecule has 0 aliphatic carbocycles. The minimum atomic E-state index is -0.154. The molecule has 0 spiro atoms. The van der Waals surface area contributed by atoms with Crippen molar-refractivity contribution in [2.45, 2.75) is 6.42 Å². The van der Waals surface area contributed by atoms with Crippen molar-refractivity contribution in [1.82, 2.24) is 9.97 Å². The number of hydrogen-bond acceptors (Lipinski definition) is 3. The lowest BCUT2D eigenvalue weighted by molar-refractivity contribution is 0.102. The number of carbonyl (C=O) groups is 1. The molecule has 5 aromatic rings. The SMILES string of the molecule is O=C(Nc1cccc(-c2cc(Cc3cc[nH]c(=O)c3)cc3cccnc23)c1)c1ccccc1. The maximum Gasteiger partial charge on any atom is 0.255 e. The van der Waals surface area contributed by atoms with Gasteiger partial charge in [-0.3, -0.25) is 14.6 Å². The number of aromatic nitrogens is 2. The van der Waals surface area contributed by atoms with Crippen LogP contribution in [0.2, 0.25) is 0 Å². The number of carbonyl (C=O) groups excluding carboxylic acids is 1. The molecule has 5 heteroatoms. The summed E-state index contributed by atoms with van der Waals surface area (Å²) in [5.41, 5.74) is 6.05. The van der Waals surface area contributed by atoms with E-state index < -0.39 is 0 Å². The molecule has 0 bridgehead atoms. The van der Waals surface area contributed by atoms with Gasteiger partial charge in [0.25, 0.3) is 5.91 Å². The number of nitrogens with zero attached hydrogens (tertiary/aromatic N) is 1. The van der Waals surface area contributed by atoms with Crippen molar-refractivity contribution >= 4 is 22.5 Å². The van der Waals surface area contributed by atoms with E-state index in [9.17, 15) is 9.59 Å². The van der Waals surface area contributed by atoms with Gasteiger partial charge in [0.1, 0.15) is 0 Å². The van der Waals surface area contributed by atoms with Crippen LogP contribution in [0.4, 0.5) is 5.69 Å². The Labute approximate surface area is 190 Å². The molecule has 3 aromatic carbocycles. The maximum absolute atomic E-state index is 12.6. The molecule has 0 saturated heterocycles. The van der Waals surface area contributed by atoms with Gasteiger partial charge in [0.2, 0.25) is 5.56 Å². The molecule has 0 saturated carbocycles. The lowest BCUT2D eigenvalue weighted by atomic mass is 9.96. The van der Waals surface area contributed by atoms with Crippen molar-refractivity contribution in [3.63, 3.8) is 0 Å². The standard InChI is InChI=1S/C28H21N3O2/c32-26-17-19(11-13-29-26)14-20-15-23-9-5-12-30-27(23)25(16-20)22-8-4-10-24(18-22)31-28(33)21-6-2-1-3-7-21/h1-13,15-18H,14H2,(H,29,32)(H,31,33). The molecule has 2 heterocycles. The minimum Gasteiger partial charge on any atom is -0.329 e. The first-order valence-corrected chi connectivity index (χ1v) is 10.7. The predicted molar refractivity (Wildman–Crippen MR) is 131 cm³/mol. The summed E-state index contributed by atoms with van der Waals surface area (Å²) < 4.78 is 0. The van der Waals surface area contributed by atoms with Gasteiger partial charge < -0.3 is 10.3 Å². The largest absolute Gasteiger partial charge is 0.329 e. The Morgan fingerprint density at radius 2 is 1.73 bits per heavy atom. The third-order valence-corrected chi connectivity index (χ3v) is 5.48. The number of nitrogens with one attached hydrogen (secondary N) is 2. The normalized spacial score (nSPS) is 10.8. The second-order valence-corrected chi connectivity index (χ2v) is 7.86. The van der Waals surface area contributed by atoms with Crippen LogP contribution in [0.15, 0.2) is 108 Å². The van der Waals surface area contributed by atoms with Gasteiger partial charge in [-0.15, -0.1) is 0 Å². The third-order valence-electron chi connectivity index (χ3n) is 5.48. The topological polar surface area (TPSA) is 74.8 Å². The molecule has 0 fully saturated rings. The highest BCUT2D eigenvalue weighted by Gasteiger charge is 2.11. The molecule has 2 N–H and O–H groups in total. The van der Waals surface area contributed by atoms with Gasteiger partial charge in [0.05, 0.1) is 5.52 Å². The van der Waals surface area contributed by atoms with Crippen LogP contribution in [0.3, 0.4) is 0 Å². The van der Waals surface area contributed by atoms with Crippen LogP contribution in [0.5, 0.6) is 0 Å². The maximum atomic E-state index is 12.6. The summed E-state index contributed by atoms with van der Waals surface area (Å²) in [5.74, 6) is -0.154. The second kappa shape index (κ2) is 8.93. The molecular weight excluding hydrogens is 410 g/mol. The van der Waals surface area contributed by atoms with Crippen molar-refractivity contribution in [3.05, 3.63) is 130 Å². The van der Waals surface area contributed by atoms with Gasteiger partial charge in [-0.25, -0.2) is 0 Å².